The van der Waals surface area contributed by atoms with E-state index < -0.39 is 0 Å². The Kier molecular flexibility index (Phi) is 6.09. The summed E-state index contributed by atoms with van der Waals surface area (Å²) in [4.78, 5) is 1.15. The lowest BCUT2D eigenvalue weighted by Crippen LogP contribution is -2.09. The maximum absolute atomic E-state index is 4.54. The summed E-state index contributed by atoms with van der Waals surface area (Å²) in [6.45, 7) is 8.51. The van der Waals surface area contributed by atoms with Crippen LogP contribution in [0.2, 0.25) is 0 Å². The van der Waals surface area contributed by atoms with Crippen LogP contribution in [-0.2, 0) is 0 Å². The van der Waals surface area contributed by atoms with E-state index in [4.69, 9.17) is 0 Å². The van der Waals surface area contributed by atoms with Crippen LogP contribution in [0.25, 0.3) is 11.6 Å². The summed E-state index contributed by atoms with van der Waals surface area (Å²) in [5.41, 5.74) is 4.89. The van der Waals surface area contributed by atoms with Crippen LogP contribution in [0.4, 0.5) is 0 Å². The quantitative estimate of drug-likeness (QED) is 0.468. The van der Waals surface area contributed by atoms with Crippen molar-refractivity contribution >= 4 is 24.3 Å². The highest BCUT2D eigenvalue weighted by Crippen LogP contribution is 2.38. The predicted octanol–water partition coefficient (Wildman–Crippen LogP) is 6.46. The van der Waals surface area contributed by atoms with Gasteiger partial charge < -0.3 is 0 Å². The molecule has 1 aliphatic rings. The van der Waals surface area contributed by atoms with Crippen LogP contribution in [0.3, 0.4) is 0 Å². The molecule has 0 heterocycles. The Hall–Kier alpha value is -1.73. The Morgan fingerprint density at radius 3 is 2.73 bits per heavy atom. The molecular formula is C21H24S. The van der Waals surface area contributed by atoms with Crippen molar-refractivity contribution in [1.82, 2.24) is 0 Å². The molecule has 1 aromatic carbocycles. The molecule has 0 aliphatic heterocycles. The maximum atomic E-state index is 4.54. The lowest BCUT2D eigenvalue weighted by Gasteiger charge is -2.25. The number of benzene rings is 1. The minimum atomic E-state index is 0.458. The number of hydrogen-bond acceptors (Lipinski definition) is 1. The molecule has 0 bridgehead atoms. The lowest BCUT2D eigenvalue weighted by atomic mass is 9.81. The Morgan fingerprint density at radius 2 is 2.00 bits per heavy atom. The van der Waals surface area contributed by atoms with Gasteiger partial charge >= 0.3 is 0 Å². The van der Waals surface area contributed by atoms with E-state index in [2.05, 4.69) is 86.9 Å². The first-order valence-electron chi connectivity index (χ1n) is 7.79. The van der Waals surface area contributed by atoms with Crippen LogP contribution in [0.5, 0.6) is 0 Å². The van der Waals surface area contributed by atoms with Crippen molar-refractivity contribution in [2.75, 3.05) is 0 Å². The second-order valence-electron chi connectivity index (χ2n) is 5.55. The second kappa shape index (κ2) is 8.05. The first-order valence-corrected chi connectivity index (χ1v) is 8.24. The molecule has 1 aromatic rings. The molecule has 0 saturated heterocycles. The van der Waals surface area contributed by atoms with Crippen LogP contribution in [0.1, 0.15) is 37.8 Å². The minimum absolute atomic E-state index is 0.458. The molecule has 1 atom stereocenters. The molecule has 0 fully saturated rings. The molecule has 0 radical (unpaired) electrons. The normalized spacial score (nSPS) is 18.6. The van der Waals surface area contributed by atoms with Crippen molar-refractivity contribution in [2.45, 2.75) is 26.7 Å². The third kappa shape index (κ3) is 3.92. The molecule has 0 spiro atoms. The van der Waals surface area contributed by atoms with Crippen LogP contribution >= 0.6 is 12.6 Å². The first kappa shape index (κ1) is 16.6. The molecule has 1 heteroatoms. The van der Waals surface area contributed by atoms with Crippen molar-refractivity contribution in [3.05, 3.63) is 82.8 Å². The van der Waals surface area contributed by atoms with Gasteiger partial charge in [0.2, 0.25) is 0 Å². The molecule has 0 saturated carbocycles. The largest absolute Gasteiger partial charge is 0.148 e. The highest BCUT2D eigenvalue weighted by molar-refractivity contribution is 7.84. The summed E-state index contributed by atoms with van der Waals surface area (Å²) in [7, 11) is 0. The fourth-order valence-corrected chi connectivity index (χ4v) is 3.16. The van der Waals surface area contributed by atoms with Gasteiger partial charge in [0.25, 0.3) is 0 Å². The van der Waals surface area contributed by atoms with Crippen molar-refractivity contribution in [2.24, 2.45) is 5.92 Å². The average Bonchev–Trinajstić information content (AvgIpc) is 2.53. The van der Waals surface area contributed by atoms with E-state index in [1.807, 2.05) is 6.92 Å². The van der Waals surface area contributed by atoms with Gasteiger partial charge in [0, 0.05) is 0 Å². The molecular weight excluding hydrogens is 284 g/mol. The fraction of sp³-hybridized carbons (Fsp3) is 0.238. The highest BCUT2D eigenvalue weighted by atomic mass is 32.1. The van der Waals surface area contributed by atoms with Gasteiger partial charge in [-0.3, -0.25) is 0 Å². The van der Waals surface area contributed by atoms with Crippen molar-refractivity contribution in [3.63, 3.8) is 0 Å². The fourth-order valence-electron chi connectivity index (χ4n) is 2.86. The summed E-state index contributed by atoms with van der Waals surface area (Å²) in [5, 5.41) is 0. The van der Waals surface area contributed by atoms with E-state index in [9.17, 15) is 0 Å². The molecule has 0 aromatic heterocycles. The zero-order valence-corrected chi connectivity index (χ0v) is 14.3. The molecule has 1 unspecified atom stereocenters. The smallest absolute Gasteiger partial charge is 0.00761 e. The zero-order chi connectivity index (χ0) is 15.9. The molecule has 0 nitrogen and oxygen atoms in total. The van der Waals surface area contributed by atoms with E-state index in [-0.39, 0.29) is 0 Å². The number of allylic oxidation sites excluding steroid dienone is 8. The van der Waals surface area contributed by atoms with Crippen molar-refractivity contribution in [3.8, 4) is 0 Å². The maximum Gasteiger partial charge on any atom is -0.00761 e. The average molecular weight is 308 g/mol. The Bertz CT molecular complexity index is 656. The summed E-state index contributed by atoms with van der Waals surface area (Å²) >= 11 is 4.54. The van der Waals surface area contributed by atoms with E-state index >= 15 is 0 Å². The molecule has 2 rings (SSSR count). The van der Waals surface area contributed by atoms with Crippen molar-refractivity contribution < 1.29 is 0 Å². The van der Waals surface area contributed by atoms with Gasteiger partial charge in [0.15, 0.2) is 0 Å². The molecule has 114 valence electrons. The number of rotatable bonds is 5. The number of thiol groups is 1. The predicted molar refractivity (Wildman–Crippen MR) is 103 cm³/mol. The summed E-state index contributed by atoms with van der Waals surface area (Å²) in [6, 6.07) is 8.46. The first-order chi connectivity index (χ1) is 10.7. The van der Waals surface area contributed by atoms with Gasteiger partial charge in [0.05, 0.1) is 0 Å². The highest BCUT2D eigenvalue weighted by Gasteiger charge is 2.20. The van der Waals surface area contributed by atoms with Crippen LogP contribution in [-0.4, -0.2) is 0 Å². The summed E-state index contributed by atoms with van der Waals surface area (Å²) in [5.74, 6) is 0.458. The molecule has 1 aliphatic carbocycles. The minimum Gasteiger partial charge on any atom is -0.148 e. The SMILES string of the molecule is C=C(C1=CC=C(S)CC1CC=CC)c1ccccc1/C=C\C. The third-order valence-electron chi connectivity index (χ3n) is 3.99. The van der Waals surface area contributed by atoms with Gasteiger partial charge in [-0.15, -0.1) is 12.6 Å². The Morgan fingerprint density at radius 1 is 1.23 bits per heavy atom. The van der Waals surface area contributed by atoms with Crippen LogP contribution in [0, 0.1) is 5.92 Å². The van der Waals surface area contributed by atoms with Gasteiger partial charge in [-0.1, -0.05) is 67.3 Å². The van der Waals surface area contributed by atoms with Gasteiger partial charge in [-0.25, -0.2) is 0 Å². The second-order valence-corrected chi connectivity index (χ2v) is 6.13. The summed E-state index contributed by atoms with van der Waals surface area (Å²) in [6.07, 6.45) is 14.9. The molecule has 22 heavy (non-hydrogen) atoms. The van der Waals surface area contributed by atoms with E-state index in [0.29, 0.717) is 5.92 Å². The van der Waals surface area contributed by atoms with E-state index in [1.165, 1.54) is 16.7 Å². The summed E-state index contributed by atoms with van der Waals surface area (Å²) < 4.78 is 0. The van der Waals surface area contributed by atoms with Crippen LogP contribution in [0.15, 0.2) is 71.7 Å². The zero-order valence-electron chi connectivity index (χ0n) is 13.4. The van der Waals surface area contributed by atoms with Gasteiger partial charge in [-0.05, 0) is 59.8 Å². The monoisotopic (exact) mass is 308 g/mol. The molecule has 0 amide bonds. The Balaban J connectivity index is 2.38. The van der Waals surface area contributed by atoms with Crippen molar-refractivity contribution in [1.29, 1.82) is 0 Å². The third-order valence-corrected chi connectivity index (χ3v) is 4.32. The van der Waals surface area contributed by atoms with Gasteiger partial charge in [-0.2, -0.15) is 0 Å². The Labute approximate surface area is 140 Å². The van der Waals surface area contributed by atoms with E-state index in [0.717, 1.165) is 23.3 Å². The number of hydrogen-bond donors (Lipinski definition) is 1. The molecule has 0 N–H and O–H groups in total. The van der Waals surface area contributed by atoms with Gasteiger partial charge in [0.1, 0.15) is 0 Å². The lowest BCUT2D eigenvalue weighted by molar-refractivity contribution is 0.640. The van der Waals surface area contributed by atoms with E-state index in [1.54, 1.807) is 0 Å². The van der Waals surface area contributed by atoms with Crippen LogP contribution < -0.4 is 0 Å². The standard InChI is InChI=1S/C21H24S/c1-4-6-10-18-15-19(22)13-14-21(18)16(3)20-12-8-7-11-17(20)9-5-2/h4-9,11-14,18,22H,3,10,15H2,1-2H3/b6-4?,9-5-. The topological polar surface area (TPSA) is 0 Å².